The van der Waals surface area contributed by atoms with Crippen molar-refractivity contribution in [3.05, 3.63) is 71.8 Å². The number of nitrogens with zero attached hydrogens (tertiary/aromatic N) is 1. The van der Waals surface area contributed by atoms with Gasteiger partial charge in [-0.3, -0.25) is 4.79 Å². The molecule has 0 spiro atoms. The van der Waals surface area contributed by atoms with E-state index in [4.69, 9.17) is 4.74 Å². The van der Waals surface area contributed by atoms with Gasteiger partial charge in [0, 0.05) is 19.7 Å². The highest BCUT2D eigenvalue weighted by Gasteiger charge is 2.17. The van der Waals surface area contributed by atoms with Crippen LogP contribution in [0.4, 0.5) is 0 Å². The maximum absolute atomic E-state index is 12.3. The van der Waals surface area contributed by atoms with Crippen LogP contribution < -0.4 is 0 Å². The smallest absolute Gasteiger partial charge is 0.253 e. The molecule has 0 aliphatic rings. The number of carbonyl (C=O) groups is 1. The zero-order chi connectivity index (χ0) is 14.4. The van der Waals surface area contributed by atoms with E-state index in [1.807, 2.05) is 60.7 Å². The van der Waals surface area contributed by atoms with Gasteiger partial charge in [0.1, 0.15) is 0 Å². The van der Waals surface area contributed by atoms with Crippen molar-refractivity contribution in [2.75, 3.05) is 20.7 Å². The summed E-state index contributed by atoms with van der Waals surface area (Å²) in [6, 6.07) is 19.2. The van der Waals surface area contributed by atoms with Crippen molar-refractivity contribution in [1.29, 1.82) is 0 Å². The van der Waals surface area contributed by atoms with Gasteiger partial charge < -0.3 is 9.64 Å². The van der Waals surface area contributed by atoms with Gasteiger partial charge in [-0.1, -0.05) is 48.5 Å². The quantitative estimate of drug-likeness (QED) is 0.834. The highest BCUT2D eigenvalue weighted by atomic mass is 16.5. The summed E-state index contributed by atoms with van der Waals surface area (Å²) >= 11 is 0. The topological polar surface area (TPSA) is 29.5 Å². The van der Waals surface area contributed by atoms with Crippen molar-refractivity contribution in [1.82, 2.24) is 4.90 Å². The van der Waals surface area contributed by atoms with Gasteiger partial charge in [0.05, 0.1) is 12.6 Å². The molecule has 0 aliphatic heterocycles. The molecule has 1 unspecified atom stereocenters. The number of carbonyl (C=O) groups excluding carboxylic acids is 1. The van der Waals surface area contributed by atoms with Crippen molar-refractivity contribution in [2.45, 2.75) is 6.10 Å². The number of amides is 1. The molecule has 3 heteroatoms. The standard InChI is InChI=1S/C17H19NO2/c1-18(17(19)15-11-7-4-8-12-15)13-16(20-2)14-9-5-3-6-10-14/h3-12,16H,13H2,1-2H3. The van der Waals surface area contributed by atoms with Gasteiger partial charge >= 0.3 is 0 Å². The molecular weight excluding hydrogens is 250 g/mol. The molecule has 0 radical (unpaired) electrons. The van der Waals surface area contributed by atoms with Gasteiger partial charge in [0.25, 0.3) is 5.91 Å². The highest BCUT2D eigenvalue weighted by molar-refractivity contribution is 5.94. The van der Waals surface area contributed by atoms with Crippen LogP contribution in [0.15, 0.2) is 60.7 Å². The van der Waals surface area contributed by atoms with Crippen molar-refractivity contribution in [2.24, 2.45) is 0 Å². The second-order valence-corrected chi connectivity index (χ2v) is 4.69. The Morgan fingerprint density at radius 3 is 2.15 bits per heavy atom. The molecule has 0 saturated heterocycles. The average Bonchev–Trinajstić information content (AvgIpc) is 2.53. The number of benzene rings is 2. The fourth-order valence-electron chi connectivity index (χ4n) is 2.12. The van der Waals surface area contributed by atoms with Crippen LogP contribution in [0.25, 0.3) is 0 Å². The summed E-state index contributed by atoms with van der Waals surface area (Å²) in [5.41, 5.74) is 1.76. The van der Waals surface area contributed by atoms with Gasteiger partial charge in [-0.15, -0.1) is 0 Å². The third kappa shape index (κ3) is 3.45. The molecule has 1 atom stereocenters. The van der Waals surface area contributed by atoms with Crippen LogP contribution in [0.5, 0.6) is 0 Å². The second kappa shape index (κ2) is 6.87. The number of methoxy groups -OCH3 is 1. The molecule has 0 aromatic heterocycles. The Morgan fingerprint density at radius 2 is 1.60 bits per heavy atom. The number of likely N-dealkylation sites (N-methyl/N-ethyl adjacent to an activating group) is 1. The van der Waals surface area contributed by atoms with E-state index in [1.165, 1.54) is 0 Å². The normalized spacial score (nSPS) is 11.9. The van der Waals surface area contributed by atoms with Crippen LogP contribution in [-0.4, -0.2) is 31.5 Å². The summed E-state index contributed by atoms with van der Waals surface area (Å²) in [6.45, 7) is 0.522. The molecule has 2 aromatic carbocycles. The van der Waals surface area contributed by atoms with Gasteiger partial charge in [0.2, 0.25) is 0 Å². The fourth-order valence-corrected chi connectivity index (χ4v) is 2.12. The Hall–Kier alpha value is -2.13. The van der Waals surface area contributed by atoms with Crippen LogP contribution in [0.3, 0.4) is 0 Å². The minimum Gasteiger partial charge on any atom is -0.375 e. The number of hydrogen-bond donors (Lipinski definition) is 0. The van der Waals surface area contributed by atoms with Crippen molar-refractivity contribution < 1.29 is 9.53 Å². The lowest BCUT2D eigenvalue weighted by atomic mass is 10.1. The predicted molar refractivity (Wildman–Crippen MR) is 79.6 cm³/mol. The SMILES string of the molecule is COC(CN(C)C(=O)c1ccccc1)c1ccccc1. The first-order chi connectivity index (χ1) is 9.72. The molecule has 0 aliphatic carbocycles. The Morgan fingerprint density at radius 1 is 1.05 bits per heavy atom. The molecule has 20 heavy (non-hydrogen) atoms. The molecule has 2 rings (SSSR count). The largest absolute Gasteiger partial charge is 0.375 e. The second-order valence-electron chi connectivity index (χ2n) is 4.69. The van der Waals surface area contributed by atoms with E-state index in [1.54, 1.807) is 19.1 Å². The lowest BCUT2D eigenvalue weighted by Gasteiger charge is -2.23. The molecule has 0 bridgehead atoms. The lowest BCUT2D eigenvalue weighted by Crippen LogP contribution is -2.31. The van der Waals surface area contributed by atoms with Gasteiger partial charge in [0.15, 0.2) is 0 Å². The lowest BCUT2D eigenvalue weighted by molar-refractivity contribution is 0.0539. The number of hydrogen-bond acceptors (Lipinski definition) is 2. The van der Waals surface area contributed by atoms with E-state index in [0.717, 1.165) is 5.56 Å². The molecular formula is C17H19NO2. The van der Waals surface area contributed by atoms with Gasteiger partial charge in [-0.25, -0.2) is 0 Å². The van der Waals surface area contributed by atoms with Gasteiger partial charge in [-0.05, 0) is 17.7 Å². The molecule has 0 saturated carbocycles. The van der Waals surface area contributed by atoms with Crippen molar-refractivity contribution in [3.8, 4) is 0 Å². The zero-order valence-electron chi connectivity index (χ0n) is 11.8. The Kier molecular flexibility index (Phi) is 4.91. The van der Waals surface area contributed by atoms with E-state index >= 15 is 0 Å². The molecule has 1 amide bonds. The third-order valence-electron chi connectivity index (χ3n) is 3.26. The number of ether oxygens (including phenoxy) is 1. The summed E-state index contributed by atoms with van der Waals surface area (Å²) in [4.78, 5) is 14.0. The van der Waals surface area contributed by atoms with Crippen molar-refractivity contribution >= 4 is 5.91 Å². The van der Waals surface area contributed by atoms with E-state index in [9.17, 15) is 4.79 Å². The van der Waals surface area contributed by atoms with E-state index in [2.05, 4.69) is 0 Å². The van der Waals surface area contributed by atoms with Crippen LogP contribution in [0.1, 0.15) is 22.0 Å². The molecule has 3 nitrogen and oxygen atoms in total. The molecule has 0 N–H and O–H groups in total. The summed E-state index contributed by atoms with van der Waals surface area (Å²) in [7, 11) is 3.46. The summed E-state index contributed by atoms with van der Waals surface area (Å²) in [6.07, 6.45) is -0.117. The van der Waals surface area contributed by atoms with Crippen LogP contribution >= 0.6 is 0 Å². The van der Waals surface area contributed by atoms with Crippen molar-refractivity contribution in [3.63, 3.8) is 0 Å². The third-order valence-corrected chi connectivity index (χ3v) is 3.26. The van der Waals surface area contributed by atoms with Gasteiger partial charge in [-0.2, -0.15) is 0 Å². The molecule has 104 valence electrons. The van der Waals surface area contributed by atoms with E-state index in [-0.39, 0.29) is 12.0 Å². The first-order valence-electron chi connectivity index (χ1n) is 6.60. The Bertz CT molecular complexity index is 539. The highest BCUT2D eigenvalue weighted by Crippen LogP contribution is 2.18. The predicted octanol–water partition coefficient (Wildman–Crippen LogP) is 3.15. The monoisotopic (exact) mass is 269 g/mol. The van der Waals surface area contributed by atoms with E-state index in [0.29, 0.717) is 12.1 Å². The van der Waals surface area contributed by atoms with Crippen LogP contribution in [0, 0.1) is 0 Å². The maximum atomic E-state index is 12.3. The van der Waals surface area contributed by atoms with E-state index < -0.39 is 0 Å². The molecule has 0 heterocycles. The summed E-state index contributed by atoms with van der Waals surface area (Å²) in [5, 5.41) is 0. The fraction of sp³-hybridized carbons (Fsp3) is 0.235. The first kappa shape index (κ1) is 14.3. The Balaban J connectivity index is 2.06. The molecule has 2 aromatic rings. The average molecular weight is 269 g/mol. The zero-order valence-corrected chi connectivity index (χ0v) is 11.8. The molecule has 0 fully saturated rings. The van der Waals surface area contributed by atoms with Crippen LogP contribution in [0.2, 0.25) is 0 Å². The summed E-state index contributed by atoms with van der Waals surface area (Å²) in [5.74, 6) is 0.00332. The summed E-state index contributed by atoms with van der Waals surface area (Å²) < 4.78 is 5.50. The maximum Gasteiger partial charge on any atom is 0.253 e. The Labute approximate surface area is 119 Å². The first-order valence-corrected chi connectivity index (χ1v) is 6.60. The van der Waals surface area contributed by atoms with Crippen LogP contribution in [-0.2, 0) is 4.74 Å². The minimum absolute atomic E-state index is 0.00332. The minimum atomic E-state index is -0.117. The number of rotatable bonds is 5.